The lowest BCUT2D eigenvalue weighted by molar-refractivity contribution is -0.137. The number of alkyl halides is 3. The van der Waals surface area contributed by atoms with Crippen LogP contribution in [0.4, 0.5) is 13.2 Å². The highest BCUT2D eigenvalue weighted by Crippen LogP contribution is 2.33. The summed E-state index contributed by atoms with van der Waals surface area (Å²) in [7, 11) is 0. The summed E-state index contributed by atoms with van der Waals surface area (Å²) in [5.41, 5.74) is -1.01. The second-order valence-corrected chi connectivity index (χ2v) is 6.07. The van der Waals surface area contributed by atoms with Crippen LogP contribution < -0.4 is 0 Å². The summed E-state index contributed by atoms with van der Waals surface area (Å²) in [5.74, 6) is -0.636. The molecule has 0 saturated heterocycles. The van der Waals surface area contributed by atoms with E-state index in [1.54, 1.807) is 12.1 Å². The number of carbonyl (C=O) groups is 1. The van der Waals surface area contributed by atoms with Gasteiger partial charge in [0.15, 0.2) is 5.78 Å². The summed E-state index contributed by atoms with van der Waals surface area (Å²) in [4.78, 5) is 12.4. The molecule has 20 heavy (non-hydrogen) atoms. The molecule has 0 radical (unpaired) electrons. The fourth-order valence-electron chi connectivity index (χ4n) is 1.74. The standard InChI is InChI=1S/C14H7BrF3IO/c15-8-5-6-12(19)10(7-8)13(20)9-3-1-2-4-11(9)14(16,17)18/h1-7H. The van der Waals surface area contributed by atoms with E-state index >= 15 is 0 Å². The third kappa shape index (κ3) is 3.22. The summed E-state index contributed by atoms with van der Waals surface area (Å²) in [6, 6.07) is 9.73. The molecule has 0 unspecified atom stereocenters. The van der Waals surface area contributed by atoms with Crippen LogP contribution in [0.15, 0.2) is 46.9 Å². The van der Waals surface area contributed by atoms with Gasteiger partial charge in [-0.15, -0.1) is 0 Å². The molecule has 0 bridgehead atoms. The molecule has 0 aliphatic heterocycles. The summed E-state index contributed by atoms with van der Waals surface area (Å²) in [6.45, 7) is 0. The van der Waals surface area contributed by atoms with Crippen LogP contribution >= 0.6 is 38.5 Å². The molecule has 0 saturated carbocycles. The maximum atomic E-state index is 12.9. The first-order valence-corrected chi connectivity index (χ1v) is 7.34. The van der Waals surface area contributed by atoms with Crippen LogP contribution in [0, 0.1) is 3.57 Å². The molecule has 0 atom stereocenters. The lowest BCUT2D eigenvalue weighted by Gasteiger charge is -2.12. The fourth-order valence-corrected chi connectivity index (χ4v) is 2.69. The van der Waals surface area contributed by atoms with Crippen molar-refractivity contribution in [1.29, 1.82) is 0 Å². The van der Waals surface area contributed by atoms with Crippen molar-refractivity contribution in [2.45, 2.75) is 6.18 Å². The van der Waals surface area contributed by atoms with Gasteiger partial charge in [-0.05, 0) is 46.9 Å². The third-order valence-electron chi connectivity index (χ3n) is 2.65. The predicted molar refractivity (Wildman–Crippen MR) is 81.7 cm³/mol. The average molecular weight is 455 g/mol. The largest absolute Gasteiger partial charge is 0.417 e. The molecule has 0 amide bonds. The van der Waals surface area contributed by atoms with Gasteiger partial charge in [0, 0.05) is 19.2 Å². The molecular weight excluding hydrogens is 448 g/mol. The topological polar surface area (TPSA) is 17.1 Å². The molecule has 2 aromatic carbocycles. The molecule has 0 heterocycles. The second kappa shape index (κ2) is 5.85. The maximum absolute atomic E-state index is 12.9. The average Bonchev–Trinajstić information content (AvgIpc) is 2.40. The third-order valence-corrected chi connectivity index (χ3v) is 4.08. The molecule has 104 valence electrons. The summed E-state index contributed by atoms with van der Waals surface area (Å²) >= 11 is 5.15. The van der Waals surface area contributed by atoms with E-state index in [0.29, 0.717) is 8.04 Å². The highest BCUT2D eigenvalue weighted by molar-refractivity contribution is 14.1. The summed E-state index contributed by atoms with van der Waals surface area (Å²) in [5, 5.41) is 0. The van der Waals surface area contributed by atoms with Crippen LogP contribution in [-0.4, -0.2) is 5.78 Å². The van der Waals surface area contributed by atoms with Crippen molar-refractivity contribution in [2.24, 2.45) is 0 Å². The first-order valence-electron chi connectivity index (χ1n) is 5.46. The number of hydrogen-bond acceptors (Lipinski definition) is 1. The Bertz CT molecular complexity index is 668. The molecule has 6 heteroatoms. The predicted octanol–water partition coefficient (Wildman–Crippen LogP) is 5.30. The number of carbonyl (C=O) groups excluding carboxylic acids is 1. The minimum Gasteiger partial charge on any atom is -0.289 e. The zero-order valence-corrected chi connectivity index (χ0v) is 13.6. The minimum atomic E-state index is -4.55. The number of hydrogen-bond donors (Lipinski definition) is 0. The normalized spacial score (nSPS) is 11.4. The van der Waals surface area contributed by atoms with Gasteiger partial charge in [0.1, 0.15) is 0 Å². The van der Waals surface area contributed by atoms with E-state index in [1.165, 1.54) is 24.3 Å². The van der Waals surface area contributed by atoms with Gasteiger partial charge in [-0.3, -0.25) is 4.79 Å². The van der Waals surface area contributed by atoms with E-state index in [9.17, 15) is 18.0 Å². The van der Waals surface area contributed by atoms with Crippen molar-refractivity contribution < 1.29 is 18.0 Å². The van der Waals surface area contributed by atoms with Gasteiger partial charge in [0.25, 0.3) is 0 Å². The van der Waals surface area contributed by atoms with Crippen molar-refractivity contribution >= 4 is 44.3 Å². The molecule has 0 aliphatic rings. The monoisotopic (exact) mass is 454 g/mol. The zero-order chi connectivity index (χ0) is 14.9. The first-order chi connectivity index (χ1) is 9.30. The maximum Gasteiger partial charge on any atom is 0.417 e. The molecular formula is C14H7BrF3IO. The van der Waals surface area contributed by atoms with E-state index in [2.05, 4.69) is 15.9 Å². The Balaban J connectivity index is 2.57. The summed E-state index contributed by atoms with van der Waals surface area (Å²) in [6.07, 6.45) is -4.55. The van der Waals surface area contributed by atoms with Crippen LogP contribution in [0.5, 0.6) is 0 Å². The van der Waals surface area contributed by atoms with E-state index < -0.39 is 17.5 Å². The van der Waals surface area contributed by atoms with E-state index in [0.717, 1.165) is 6.07 Å². The molecule has 2 rings (SSSR count). The van der Waals surface area contributed by atoms with Crippen LogP contribution in [-0.2, 0) is 6.18 Å². The Kier molecular flexibility index (Phi) is 4.53. The van der Waals surface area contributed by atoms with Crippen LogP contribution in [0.25, 0.3) is 0 Å². The Morgan fingerprint density at radius 2 is 1.70 bits per heavy atom. The lowest BCUT2D eigenvalue weighted by atomic mass is 9.98. The Morgan fingerprint density at radius 1 is 1.05 bits per heavy atom. The lowest BCUT2D eigenvalue weighted by Crippen LogP contribution is -2.14. The van der Waals surface area contributed by atoms with Crippen molar-refractivity contribution in [1.82, 2.24) is 0 Å². The highest BCUT2D eigenvalue weighted by Gasteiger charge is 2.35. The molecule has 0 spiro atoms. The van der Waals surface area contributed by atoms with E-state index in [-0.39, 0.29) is 11.1 Å². The van der Waals surface area contributed by atoms with Gasteiger partial charge in [-0.2, -0.15) is 13.2 Å². The molecule has 1 nitrogen and oxygen atoms in total. The SMILES string of the molecule is O=C(c1cc(Br)ccc1I)c1ccccc1C(F)(F)F. The smallest absolute Gasteiger partial charge is 0.289 e. The highest BCUT2D eigenvalue weighted by atomic mass is 127. The van der Waals surface area contributed by atoms with Crippen molar-refractivity contribution in [3.63, 3.8) is 0 Å². The van der Waals surface area contributed by atoms with Crippen molar-refractivity contribution in [3.05, 3.63) is 67.2 Å². The minimum absolute atomic E-state index is 0.247. The number of halogens is 5. The Hall–Kier alpha value is -0.890. The van der Waals surface area contributed by atoms with E-state index in [1.807, 2.05) is 22.6 Å². The van der Waals surface area contributed by atoms with Crippen molar-refractivity contribution in [3.8, 4) is 0 Å². The quantitative estimate of drug-likeness (QED) is 0.444. The van der Waals surface area contributed by atoms with Gasteiger partial charge in [-0.25, -0.2) is 0 Å². The van der Waals surface area contributed by atoms with Crippen LogP contribution in [0.2, 0.25) is 0 Å². The summed E-state index contributed by atoms with van der Waals surface area (Å²) < 4.78 is 40.1. The van der Waals surface area contributed by atoms with Gasteiger partial charge < -0.3 is 0 Å². The molecule has 0 N–H and O–H groups in total. The fraction of sp³-hybridized carbons (Fsp3) is 0.0714. The molecule has 0 aliphatic carbocycles. The van der Waals surface area contributed by atoms with Gasteiger partial charge >= 0.3 is 6.18 Å². The first kappa shape index (κ1) is 15.5. The molecule has 2 aromatic rings. The van der Waals surface area contributed by atoms with Gasteiger partial charge in [0.2, 0.25) is 0 Å². The van der Waals surface area contributed by atoms with Crippen LogP contribution in [0.3, 0.4) is 0 Å². The number of rotatable bonds is 2. The molecule has 0 aromatic heterocycles. The van der Waals surface area contributed by atoms with E-state index in [4.69, 9.17) is 0 Å². The second-order valence-electron chi connectivity index (χ2n) is 4.00. The van der Waals surface area contributed by atoms with Crippen molar-refractivity contribution in [2.75, 3.05) is 0 Å². The van der Waals surface area contributed by atoms with Crippen LogP contribution in [0.1, 0.15) is 21.5 Å². The Morgan fingerprint density at radius 3 is 2.35 bits per heavy atom. The van der Waals surface area contributed by atoms with Gasteiger partial charge in [-0.1, -0.05) is 34.1 Å². The zero-order valence-electron chi connectivity index (χ0n) is 9.84. The number of ketones is 1. The number of benzene rings is 2. The molecule has 0 fully saturated rings. The van der Waals surface area contributed by atoms with Gasteiger partial charge in [0.05, 0.1) is 5.56 Å². The Labute approximate surface area is 135 Å².